The normalized spacial score (nSPS) is 22.9. The molecule has 42 heavy (non-hydrogen) atoms. The van der Waals surface area contributed by atoms with Crippen LogP contribution >= 0.6 is 0 Å². The van der Waals surface area contributed by atoms with E-state index in [-0.39, 0.29) is 5.75 Å². The molecule has 8 heteroatoms. The molecule has 3 aliphatic rings. The number of nitrogens with zero attached hydrogens (tertiary/aromatic N) is 1. The van der Waals surface area contributed by atoms with Crippen molar-refractivity contribution in [2.45, 2.75) is 114 Å². The van der Waals surface area contributed by atoms with Gasteiger partial charge in [-0.3, -0.25) is 4.48 Å². The van der Waals surface area contributed by atoms with Crippen LogP contribution in [0, 0.1) is 0 Å². The Morgan fingerprint density at radius 2 is 1.43 bits per heavy atom. The lowest BCUT2D eigenvalue weighted by molar-refractivity contribution is -0.999. The number of hydrogen-bond donors (Lipinski definition) is 1. The summed E-state index contributed by atoms with van der Waals surface area (Å²) in [5, 5.41) is 11.8. The van der Waals surface area contributed by atoms with Gasteiger partial charge in [-0.1, -0.05) is 106 Å². The summed E-state index contributed by atoms with van der Waals surface area (Å²) in [5.41, 5.74) is -1.14. The molecule has 1 spiro atoms. The number of rotatable bonds is 12. The first-order valence-electron chi connectivity index (χ1n) is 16.0. The van der Waals surface area contributed by atoms with Crippen LogP contribution in [0.15, 0.2) is 60.7 Å². The van der Waals surface area contributed by atoms with Gasteiger partial charge in [0.05, 0.1) is 29.2 Å². The van der Waals surface area contributed by atoms with E-state index >= 15 is 0 Å². The molecule has 0 aliphatic carbocycles. The minimum absolute atomic E-state index is 0.194. The highest BCUT2D eigenvalue weighted by Crippen LogP contribution is 2.54. The fourth-order valence-electron chi connectivity index (χ4n) is 7.66. The standard InChI is InChI=1S/C25H30NO3.C9H20O3S/c27-23(25(28,20-10-3-1-4-11-20)21-12-5-2-6-13-21)29-24-16-9-14-22(15-17-24)26(24)18-7-8-19-26;1-2-3-4-5-6-7-8-9-13(10,11)12/h1-6,10-13,22,28H,7-9,14-19H2;2-9H2,1H3,(H,10,11,12)/q+1;/p-1. The van der Waals surface area contributed by atoms with Crippen molar-refractivity contribution < 1.29 is 32.1 Å². The van der Waals surface area contributed by atoms with Gasteiger partial charge in [0, 0.05) is 37.9 Å². The van der Waals surface area contributed by atoms with E-state index in [9.17, 15) is 22.9 Å². The lowest BCUT2D eigenvalue weighted by atomic mass is 9.86. The number of esters is 1. The monoisotopic (exact) mass is 599 g/mol. The van der Waals surface area contributed by atoms with E-state index in [1.807, 2.05) is 60.7 Å². The second kappa shape index (κ2) is 14.5. The number of unbranched alkanes of at least 4 members (excludes halogenated alkanes) is 6. The molecular formula is C34H49NO6S. The molecule has 232 valence electrons. The second-order valence-corrected chi connectivity index (χ2v) is 14.0. The highest BCUT2D eigenvalue weighted by molar-refractivity contribution is 7.85. The van der Waals surface area contributed by atoms with Gasteiger partial charge >= 0.3 is 5.97 Å². The molecule has 2 aromatic rings. The van der Waals surface area contributed by atoms with Crippen LogP contribution in [0.3, 0.4) is 0 Å². The smallest absolute Gasteiger partial charge is 0.352 e. The van der Waals surface area contributed by atoms with Crippen molar-refractivity contribution in [3.63, 3.8) is 0 Å². The number of piperidine rings is 1. The molecule has 3 aliphatic heterocycles. The second-order valence-electron chi connectivity index (χ2n) is 12.4. The summed E-state index contributed by atoms with van der Waals surface area (Å²) in [5.74, 6) is -0.720. The molecule has 1 N–H and O–H groups in total. The number of carbonyl (C=O) groups excluding carboxylic acids is 1. The van der Waals surface area contributed by atoms with Crippen LogP contribution in [-0.2, 0) is 25.3 Å². The van der Waals surface area contributed by atoms with Gasteiger partial charge in [-0.15, -0.1) is 0 Å². The number of hydrogen-bond acceptors (Lipinski definition) is 6. The molecule has 0 aromatic heterocycles. The van der Waals surface area contributed by atoms with Crippen LogP contribution in [0.5, 0.6) is 0 Å². The zero-order chi connectivity index (χ0) is 30.1. The van der Waals surface area contributed by atoms with E-state index in [0.717, 1.165) is 62.5 Å². The average molecular weight is 600 g/mol. The van der Waals surface area contributed by atoms with E-state index in [4.69, 9.17) is 4.74 Å². The van der Waals surface area contributed by atoms with Crippen LogP contribution in [0.25, 0.3) is 0 Å². The van der Waals surface area contributed by atoms with E-state index in [1.54, 1.807) is 0 Å². The third kappa shape index (κ3) is 7.26. The highest BCUT2D eigenvalue weighted by Gasteiger charge is 2.66. The van der Waals surface area contributed by atoms with Gasteiger partial charge in [-0.05, 0) is 30.4 Å². The van der Waals surface area contributed by atoms with E-state index in [2.05, 4.69) is 6.92 Å². The van der Waals surface area contributed by atoms with Crippen LogP contribution < -0.4 is 0 Å². The van der Waals surface area contributed by atoms with Crippen molar-refractivity contribution in [3.8, 4) is 0 Å². The molecule has 2 bridgehead atoms. The number of benzene rings is 2. The maximum absolute atomic E-state index is 13.8. The lowest BCUT2D eigenvalue weighted by Crippen LogP contribution is -2.67. The van der Waals surface area contributed by atoms with Crippen LogP contribution in [0.2, 0.25) is 0 Å². The zero-order valence-electron chi connectivity index (χ0n) is 25.2. The number of ether oxygens (including phenoxy) is 1. The van der Waals surface area contributed by atoms with Gasteiger partial charge in [-0.25, -0.2) is 13.2 Å². The van der Waals surface area contributed by atoms with Crippen molar-refractivity contribution in [2.24, 2.45) is 0 Å². The first-order valence-corrected chi connectivity index (χ1v) is 17.6. The van der Waals surface area contributed by atoms with Gasteiger partial charge in [0.25, 0.3) is 0 Å². The summed E-state index contributed by atoms with van der Waals surface area (Å²) < 4.78 is 38.0. The summed E-state index contributed by atoms with van der Waals surface area (Å²) in [6, 6.07) is 19.1. The maximum atomic E-state index is 13.8. The fourth-order valence-corrected chi connectivity index (χ4v) is 8.21. The third-order valence-corrected chi connectivity index (χ3v) is 10.6. The molecule has 0 amide bonds. The Kier molecular flexibility index (Phi) is 11.3. The molecule has 3 saturated heterocycles. The summed E-state index contributed by atoms with van der Waals surface area (Å²) >= 11 is 0. The van der Waals surface area contributed by atoms with Crippen LogP contribution in [0.4, 0.5) is 0 Å². The Morgan fingerprint density at radius 1 is 0.881 bits per heavy atom. The fraction of sp³-hybridized carbons (Fsp3) is 0.618. The molecule has 2 aromatic carbocycles. The number of aliphatic hydroxyl groups is 1. The molecule has 3 heterocycles. The molecule has 0 saturated carbocycles. The van der Waals surface area contributed by atoms with Crippen LogP contribution in [-0.4, -0.2) is 59.1 Å². The lowest BCUT2D eigenvalue weighted by Gasteiger charge is -2.51. The van der Waals surface area contributed by atoms with E-state index < -0.39 is 27.4 Å². The molecule has 7 nitrogen and oxygen atoms in total. The summed E-state index contributed by atoms with van der Waals surface area (Å²) in [6.45, 7) is 4.37. The van der Waals surface area contributed by atoms with Crippen LogP contribution in [0.1, 0.15) is 108 Å². The van der Waals surface area contributed by atoms with Crippen molar-refractivity contribution in [2.75, 3.05) is 18.8 Å². The van der Waals surface area contributed by atoms with Gasteiger partial charge in [0.1, 0.15) is 0 Å². The van der Waals surface area contributed by atoms with Gasteiger partial charge < -0.3 is 14.4 Å². The summed E-state index contributed by atoms with van der Waals surface area (Å²) in [4.78, 5) is 13.8. The zero-order valence-corrected chi connectivity index (χ0v) is 26.0. The number of quaternary nitrogens is 1. The van der Waals surface area contributed by atoms with Crippen molar-refractivity contribution in [3.05, 3.63) is 71.8 Å². The summed E-state index contributed by atoms with van der Waals surface area (Å²) in [7, 11) is -3.97. The van der Waals surface area contributed by atoms with Crippen molar-refractivity contribution in [1.29, 1.82) is 0 Å². The third-order valence-electron chi connectivity index (χ3n) is 9.81. The molecule has 2 atom stereocenters. The Bertz CT molecular complexity index is 1190. The van der Waals surface area contributed by atoms with Gasteiger partial charge in [-0.2, -0.15) is 0 Å². The topological polar surface area (TPSA) is 104 Å². The quantitative estimate of drug-likeness (QED) is 0.131. The first kappa shape index (κ1) is 32.6. The summed E-state index contributed by atoms with van der Waals surface area (Å²) in [6.07, 6.45) is 15.0. The molecule has 2 unspecified atom stereocenters. The predicted molar refractivity (Wildman–Crippen MR) is 163 cm³/mol. The Morgan fingerprint density at radius 3 is 1.98 bits per heavy atom. The van der Waals surface area contributed by atoms with Crippen molar-refractivity contribution >= 4 is 16.1 Å². The van der Waals surface area contributed by atoms with Gasteiger partial charge in [0.15, 0.2) is 0 Å². The van der Waals surface area contributed by atoms with Gasteiger partial charge in [0.2, 0.25) is 11.3 Å². The average Bonchev–Trinajstić information content (AvgIpc) is 3.52. The van der Waals surface area contributed by atoms with Crippen molar-refractivity contribution in [1.82, 2.24) is 0 Å². The minimum Gasteiger partial charge on any atom is -0.748 e. The number of carbonyl (C=O) groups is 1. The largest absolute Gasteiger partial charge is 0.748 e. The van der Waals surface area contributed by atoms with E-state index in [1.165, 1.54) is 38.5 Å². The molecule has 0 radical (unpaired) electrons. The molecule has 5 rings (SSSR count). The van der Waals surface area contributed by atoms with E-state index in [0.29, 0.717) is 23.6 Å². The SMILES string of the molecule is CCCCCCCCCS(=O)(=O)[O-].O=C(OC12CCCC(CC1)[N+]21CCCC1)C(O)(c1ccccc1)c1ccccc1. The minimum atomic E-state index is -3.97. The first-order chi connectivity index (χ1) is 20.2. The Labute approximate surface area is 252 Å². The highest BCUT2D eigenvalue weighted by atomic mass is 32.2. The Balaban J connectivity index is 0.000000266. The maximum Gasteiger partial charge on any atom is 0.352 e. The predicted octanol–water partition coefficient (Wildman–Crippen LogP) is 6.40. The molecule has 3 fully saturated rings. The Hall–Kier alpha value is -2.26. The molecular weight excluding hydrogens is 550 g/mol.